The number of carbonyl (C=O) groups excluding carboxylic acids is 1. The highest BCUT2D eigenvalue weighted by molar-refractivity contribution is 6.14. The van der Waals surface area contributed by atoms with E-state index in [0.717, 1.165) is 33.4 Å². The number of likely N-dealkylation sites (N-methyl/N-ethyl adjacent to an activating group) is 1. The van der Waals surface area contributed by atoms with Crippen molar-refractivity contribution in [2.45, 2.75) is 13.2 Å². The van der Waals surface area contributed by atoms with E-state index in [2.05, 4.69) is 4.90 Å². The Kier molecular flexibility index (Phi) is 8.47. The van der Waals surface area contributed by atoms with Crippen molar-refractivity contribution in [2.75, 3.05) is 20.1 Å². The van der Waals surface area contributed by atoms with Gasteiger partial charge in [-0.25, -0.2) is 8.78 Å². The molecule has 0 N–H and O–H groups in total. The van der Waals surface area contributed by atoms with Gasteiger partial charge in [0.25, 0.3) is 0 Å². The summed E-state index contributed by atoms with van der Waals surface area (Å²) in [6.07, 6.45) is 3.84. The van der Waals surface area contributed by atoms with Crippen molar-refractivity contribution in [3.05, 3.63) is 142 Å². The van der Waals surface area contributed by atoms with Crippen LogP contribution in [0, 0.1) is 11.6 Å². The predicted molar refractivity (Wildman–Crippen MR) is 153 cm³/mol. The summed E-state index contributed by atoms with van der Waals surface area (Å²) in [7, 11) is 1.99. The molecular formula is C34H29F2NO3. The van der Waals surface area contributed by atoms with Gasteiger partial charge in [-0.2, -0.15) is 0 Å². The Morgan fingerprint density at radius 2 is 1.00 bits per heavy atom. The van der Waals surface area contributed by atoms with E-state index in [1.165, 1.54) is 24.3 Å². The summed E-state index contributed by atoms with van der Waals surface area (Å²) in [4.78, 5) is 15.4. The molecule has 0 aromatic heterocycles. The summed E-state index contributed by atoms with van der Waals surface area (Å²) >= 11 is 0. The van der Waals surface area contributed by atoms with Gasteiger partial charge in [0.05, 0.1) is 0 Å². The van der Waals surface area contributed by atoms with Gasteiger partial charge in [-0.1, -0.05) is 48.5 Å². The standard InChI is InChI=1S/C34H29F2NO3/c1-37-20-28(18-24-6-14-32(15-7-24)39-22-26-2-10-30(35)11-3-26)34(38)29(21-37)19-25-8-16-33(17-9-25)40-23-27-4-12-31(36)13-5-27/h2-19H,20-23H2,1H3. The largest absolute Gasteiger partial charge is 0.489 e. The van der Waals surface area contributed by atoms with Gasteiger partial charge in [0, 0.05) is 24.2 Å². The van der Waals surface area contributed by atoms with E-state index < -0.39 is 0 Å². The maximum Gasteiger partial charge on any atom is 0.187 e. The number of ether oxygens (including phenoxy) is 2. The van der Waals surface area contributed by atoms with Crippen LogP contribution in [0.4, 0.5) is 8.78 Å². The first-order chi connectivity index (χ1) is 19.4. The lowest BCUT2D eigenvalue weighted by Crippen LogP contribution is -2.34. The molecular weight excluding hydrogens is 508 g/mol. The number of likely N-dealkylation sites (tertiary alicyclic amines) is 1. The molecule has 0 unspecified atom stereocenters. The topological polar surface area (TPSA) is 38.8 Å². The van der Waals surface area contributed by atoms with Gasteiger partial charge in [0.1, 0.15) is 36.3 Å². The monoisotopic (exact) mass is 537 g/mol. The first-order valence-electron chi connectivity index (χ1n) is 13.0. The highest BCUT2D eigenvalue weighted by atomic mass is 19.1. The molecule has 6 heteroatoms. The summed E-state index contributed by atoms with van der Waals surface area (Å²) in [6.45, 7) is 1.82. The normalized spacial score (nSPS) is 15.9. The van der Waals surface area contributed by atoms with Gasteiger partial charge in [-0.05, 0) is 90.0 Å². The molecule has 0 radical (unpaired) electrons. The average molecular weight is 538 g/mol. The Labute approximate surface area is 232 Å². The van der Waals surface area contributed by atoms with Crippen LogP contribution in [-0.2, 0) is 18.0 Å². The molecule has 0 saturated carbocycles. The van der Waals surface area contributed by atoms with Crippen LogP contribution < -0.4 is 9.47 Å². The Morgan fingerprint density at radius 3 is 1.38 bits per heavy atom. The van der Waals surface area contributed by atoms with Crippen LogP contribution in [0.5, 0.6) is 11.5 Å². The lowest BCUT2D eigenvalue weighted by molar-refractivity contribution is -0.113. The maximum atomic E-state index is 13.3. The number of hydrogen-bond acceptors (Lipinski definition) is 4. The zero-order chi connectivity index (χ0) is 27.9. The Morgan fingerprint density at radius 1 is 0.625 bits per heavy atom. The molecule has 0 spiro atoms. The molecule has 5 rings (SSSR count). The molecule has 0 amide bonds. The molecule has 1 aliphatic heterocycles. The van der Waals surface area contributed by atoms with Gasteiger partial charge in [-0.15, -0.1) is 0 Å². The molecule has 4 aromatic carbocycles. The SMILES string of the molecule is CN1CC(=Cc2ccc(OCc3ccc(F)cc3)cc2)C(=O)C(=Cc2ccc(OCc3ccc(F)cc3)cc2)C1. The van der Waals surface area contributed by atoms with Crippen LogP contribution in [0.25, 0.3) is 12.2 Å². The van der Waals surface area contributed by atoms with E-state index >= 15 is 0 Å². The van der Waals surface area contributed by atoms with Crippen molar-refractivity contribution in [3.63, 3.8) is 0 Å². The quantitative estimate of drug-likeness (QED) is 0.225. The third kappa shape index (κ3) is 7.30. The average Bonchev–Trinajstić information content (AvgIpc) is 2.96. The number of Topliss-reactive ketones (excluding diaryl/α,β-unsaturated/α-hetero) is 1. The van der Waals surface area contributed by atoms with E-state index in [4.69, 9.17) is 9.47 Å². The lowest BCUT2D eigenvalue weighted by atomic mass is 9.94. The maximum absolute atomic E-state index is 13.3. The Bertz CT molecular complexity index is 1390. The Balaban J connectivity index is 1.21. The number of hydrogen-bond donors (Lipinski definition) is 0. The third-order valence-electron chi connectivity index (χ3n) is 6.54. The highest BCUT2D eigenvalue weighted by Crippen LogP contribution is 2.24. The van der Waals surface area contributed by atoms with Crippen molar-refractivity contribution in [1.82, 2.24) is 4.90 Å². The number of piperidine rings is 1. The molecule has 0 bridgehead atoms. The summed E-state index contributed by atoms with van der Waals surface area (Å²) in [5.74, 6) is 0.883. The molecule has 1 fully saturated rings. The van der Waals surface area contributed by atoms with Crippen LogP contribution >= 0.6 is 0 Å². The minimum absolute atomic E-state index is 0.0337. The summed E-state index contributed by atoms with van der Waals surface area (Å²) in [5.41, 5.74) is 5.04. The summed E-state index contributed by atoms with van der Waals surface area (Å²) < 4.78 is 37.8. The van der Waals surface area contributed by atoms with Gasteiger partial charge in [-0.3, -0.25) is 9.69 Å². The van der Waals surface area contributed by atoms with E-state index in [0.29, 0.717) is 37.8 Å². The molecule has 0 atom stereocenters. The lowest BCUT2D eigenvalue weighted by Gasteiger charge is -2.26. The third-order valence-corrected chi connectivity index (χ3v) is 6.54. The number of carbonyl (C=O) groups is 1. The number of nitrogens with zero attached hydrogens (tertiary/aromatic N) is 1. The van der Waals surface area contributed by atoms with Gasteiger partial charge >= 0.3 is 0 Å². The van der Waals surface area contributed by atoms with E-state index in [9.17, 15) is 13.6 Å². The fourth-order valence-corrected chi connectivity index (χ4v) is 4.43. The second kappa shape index (κ2) is 12.5. The summed E-state index contributed by atoms with van der Waals surface area (Å²) in [5, 5.41) is 0. The molecule has 1 aliphatic rings. The first-order valence-corrected chi connectivity index (χ1v) is 13.0. The minimum atomic E-state index is -0.274. The zero-order valence-electron chi connectivity index (χ0n) is 22.1. The van der Waals surface area contributed by atoms with E-state index in [1.54, 1.807) is 24.3 Å². The fraction of sp³-hybridized carbons (Fsp3) is 0.147. The van der Waals surface area contributed by atoms with Gasteiger partial charge < -0.3 is 9.47 Å². The molecule has 0 aliphatic carbocycles. The number of rotatable bonds is 8. The second-order valence-electron chi connectivity index (χ2n) is 9.81. The predicted octanol–water partition coefficient (Wildman–Crippen LogP) is 7.10. The molecule has 40 heavy (non-hydrogen) atoms. The first kappa shape index (κ1) is 27.0. The van der Waals surface area contributed by atoms with E-state index in [-0.39, 0.29) is 17.4 Å². The molecule has 202 valence electrons. The number of benzene rings is 4. The fourth-order valence-electron chi connectivity index (χ4n) is 4.43. The van der Waals surface area contributed by atoms with Crippen LogP contribution in [0.3, 0.4) is 0 Å². The smallest absolute Gasteiger partial charge is 0.187 e. The highest BCUT2D eigenvalue weighted by Gasteiger charge is 2.24. The van der Waals surface area contributed by atoms with Gasteiger partial charge in [0.15, 0.2) is 5.78 Å². The van der Waals surface area contributed by atoms with E-state index in [1.807, 2.05) is 67.7 Å². The van der Waals surface area contributed by atoms with Crippen LogP contribution in [0.2, 0.25) is 0 Å². The zero-order valence-corrected chi connectivity index (χ0v) is 22.1. The minimum Gasteiger partial charge on any atom is -0.489 e. The van der Waals surface area contributed by atoms with Crippen LogP contribution in [0.1, 0.15) is 22.3 Å². The van der Waals surface area contributed by atoms with Crippen LogP contribution in [0.15, 0.2) is 108 Å². The second-order valence-corrected chi connectivity index (χ2v) is 9.81. The van der Waals surface area contributed by atoms with Crippen molar-refractivity contribution in [2.24, 2.45) is 0 Å². The summed E-state index contributed by atoms with van der Waals surface area (Å²) in [6, 6.07) is 27.6. The Hall–Kier alpha value is -4.55. The van der Waals surface area contributed by atoms with Crippen LogP contribution in [-0.4, -0.2) is 30.8 Å². The van der Waals surface area contributed by atoms with Crippen molar-refractivity contribution in [1.29, 1.82) is 0 Å². The molecule has 4 nitrogen and oxygen atoms in total. The van der Waals surface area contributed by atoms with Crippen molar-refractivity contribution >= 4 is 17.9 Å². The molecule has 1 saturated heterocycles. The van der Waals surface area contributed by atoms with Crippen molar-refractivity contribution in [3.8, 4) is 11.5 Å². The number of ketones is 1. The molecule has 4 aromatic rings. The van der Waals surface area contributed by atoms with Gasteiger partial charge in [0.2, 0.25) is 0 Å². The number of halogens is 2. The molecule has 1 heterocycles. The van der Waals surface area contributed by atoms with Crippen molar-refractivity contribution < 1.29 is 23.0 Å².